The molecule has 1 fully saturated rings. The van der Waals surface area contributed by atoms with Crippen LogP contribution in [-0.2, 0) is 20.7 Å². The summed E-state index contributed by atoms with van der Waals surface area (Å²) in [7, 11) is 0. The SMILES string of the molecule is CCOc1ccc(/C(O)=C2\C(=O)C(=O)N(CCOCCO)[C@@H]2c2ccc(CC)cc2)cc1. The fraction of sp³-hybridized carbons (Fsp3) is 0.360. The van der Waals surface area contributed by atoms with Gasteiger partial charge in [-0.2, -0.15) is 0 Å². The summed E-state index contributed by atoms with van der Waals surface area (Å²) in [5.41, 5.74) is 2.34. The molecule has 0 radical (unpaired) electrons. The van der Waals surface area contributed by atoms with Gasteiger partial charge >= 0.3 is 0 Å². The monoisotopic (exact) mass is 439 g/mol. The summed E-state index contributed by atoms with van der Waals surface area (Å²) in [6.07, 6.45) is 0.863. The van der Waals surface area contributed by atoms with E-state index in [1.54, 1.807) is 24.3 Å². The second kappa shape index (κ2) is 10.9. The number of benzene rings is 2. The lowest BCUT2D eigenvalue weighted by atomic mass is 9.94. The number of Topliss-reactive ketones (excluding diaryl/α,β-unsaturated/α-hetero) is 1. The van der Waals surface area contributed by atoms with E-state index in [4.69, 9.17) is 14.6 Å². The first-order valence-electron chi connectivity index (χ1n) is 10.8. The molecule has 2 N–H and O–H groups in total. The molecule has 3 rings (SSSR count). The van der Waals surface area contributed by atoms with Crippen LogP contribution in [0.25, 0.3) is 5.76 Å². The summed E-state index contributed by atoms with van der Waals surface area (Å²) in [4.78, 5) is 27.3. The van der Waals surface area contributed by atoms with Gasteiger partial charge in [0.15, 0.2) is 0 Å². The van der Waals surface area contributed by atoms with Gasteiger partial charge in [0, 0.05) is 12.1 Å². The van der Waals surface area contributed by atoms with Gasteiger partial charge in [-0.05, 0) is 48.7 Å². The number of ketones is 1. The van der Waals surface area contributed by atoms with E-state index in [1.165, 1.54) is 4.90 Å². The van der Waals surface area contributed by atoms with Crippen LogP contribution >= 0.6 is 0 Å². The Morgan fingerprint density at radius 1 is 1.00 bits per heavy atom. The van der Waals surface area contributed by atoms with E-state index in [-0.39, 0.29) is 37.7 Å². The van der Waals surface area contributed by atoms with E-state index in [2.05, 4.69) is 0 Å². The van der Waals surface area contributed by atoms with Crippen LogP contribution in [0.1, 0.15) is 36.6 Å². The van der Waals surface area contributed by atoms with E-state index >= 15 is 0 Å². The lowest BCUT2D eigenvalue weighted by Gasteiger charge is -2.25. The van der Waals surface area contributed by atoms with Crippen molar-refractivity contribution in [3.63, 3.8) is 0 Å². The fourth-order valence-corrected chi connectivity index (χ4v) is 3.75. The third kappa shape index (κ3) is 5.00. The highest BCUT2D eigenvalue weighted by atomic mass is 16.5. The van der Waals surface area contributed by atoms with Crippen LogP contribution in [0.2, 0.25) is 0 Å². The Kier molecular flexibility index (Phi) is 8.03. The van der Waals surface area contributed by atoms with Gasteiger partial charge in [0.05, 0.1) is 38.0 Å². The molecule has 0 unspecified atom stereocenters. The second-order valence-corrected chi connectivity index (χ2v) is 7.38. The van der Waals surface area contributed by atoms with Crippen molar-refractivity contribution >= 4 is 17.4 Å². The van der Waals surface area contributed by atoms with E-state index in [1.807, 2.05) is 38.1 Å². The first-order valence-corrected chi connectivity index (χ1v) is 10.8. The molecule has 1 amide bonds. The van der Waals surface area contributed by atoms with Crippen molar-refractivity contribution in [3.05, 3.63) is 70.8 Å². The fourth-order valence-electron chi connectivity index (χ4n) is 3.75. The zero-order chi connectivity index (χ0) is 23.1. The number of aliphatic hydroxyl groups is 2. The summed E-state index contributed by atoms with van der Waals surface area (Å²) in [5.74, 6) is -0.996. The molecule has 7 heteroatoms. The van der Waals surface area contributed by atoms with Gasteiger partial charge in [0.1, 0.15) is 11.5 Å². The van der Waals surface area contributed by atoms with Crippen molar-refractivity contribution < 1.29 is 29.3 Å². The molecule has 0 aliphatic carbocycles. The average Bonchev–Trinajstić information content (AvgIpc) is 3.07. The van der Waals surface area contributed by atoms with Gasteiger partial charge < -0.3 is 24.6 Å². The Bertz CT molecular complexity index is 965. The van der Waals surface area contributed by atoms with E-state index < -0.39 is 17.7 Å². The maximum atomic E-state index is 13.0. The third-order valence-corrected chi connectivity index (χ3v) is 5.39. The number of likely N-dealkylation sites (tertiary alicyclic amines) is 1. The third-order valence-electron chi connectivity index (χ3n) is 5.39. The normalized spacial score (nSPS) is 17.7. The molecule has 0 bridgehead atoms. The molecule has 1 saturated heterocycles. The standard InChI is InChI=1S/C25H29NO6/c1-3-17-5-7-18(8-6-17)22-21(23(28)19-9-11-20(12-10-19)32-4-2)24(29)25(30)26(22)13-15-31-16-14-27/h5-12,22,27-28H,3-4,13-16H2,1-2H3/b23-21+/t22-/m1/s1. The molecule has 170 valence electrons. The minimum absolute atomic E-state index is 0.0468. The molecule has 1 aliphatic rings. The van der Waals surface area contributed by atoms with Crippen LogP contribution in [0.5, 0.6) is 5.75 Å². The minimum atomic E-state index is -0.733. The van der Waals surface area contributed by atoms with Gasteiger partial charge in [0.2, 0.25) is 0 Å². The number of ether oxygens (including phenoxy) is 2. The first-order chi connectivity index (χ1) is 15.5. The molecule has 2 aromatic carbocycles. The van der Waals surface area contributed by atoms with Crippen LogP contribution < -0.4 is 4.74 Å². The summed E-state index contributed by atoms with van der Waals surface area (Å²) in [6.45, 7) is 4.78. The van der Waals surface area contributed by atoms with Crippen molar-refractivity contribution in [3.8, 4) is 5.75 Å². The van der Waals surface area contributed by atoms with Gasteiger partial charge in [-0.3, -0.25) is 9.59 Å². The number of nitrogens with zero attached hydrogens (tertiary/aromatic N) is 1. The van der Waals surface area contributed by atoms with Crippen molar-refractivity contribution in [2.75, 3.05) is 33.0 Å². The second-order valence-electron chi connectivity index (χ2n) is 7.38. The number of hydrogen-bond acceptors (Lipinski definition) is 6. The number of amides is 1. The predicted octanol–water partition coefficient (Wildman–Crippen LogP) is 3.08. The molecule has 0 saturated carbocycles. The van der Waals surface area contributed by atoms with Gasteiger partial charge in [0.25, 0.3) is 11.7 Å². The summed E-state index contributed by atoms with van der Waals surface area (Å²) >= 11 is 0. The molecular weight excluding hydrogens is 410 g/mol. The largest absolute Gasteiger partial charge is 0.507 e. The van der Waals surface area contributed by atoms with E-state index in [0.29, 0.717) is 17.9 Å². The average molecular weight is 440 g/mol. The quantitative estimate of drug-likeness (QED) is 0.256. The lowest BCUT2D eigenvalue weighted by Crippen LogP contribution is -2.33. The van der Waals surface area contributed by atoms with Crippen LogP contribution in [0.15, 0.2) is 54.1 Å². The number of hydrogen-bond donors (Lipinski definition) is 2. The van der Waals surface area contributed by atoms with Crippen LogP contribution in [-0.4, -0.2) is 59.8 Å². The number of carbonyl (C=O) groups is 2. The number of aliphatic hydroxyl groups excluding tert-OH is 2. The maximum absolute atomic E-state index is 13.0. The molecule has 32 heavy (non-hydrogen) atoms. The molecule has 0 aromatic heterocycles. The number of aryl methyl sites for hydroxylation is 1. The van der Waals surface area contributed by atoms with Crippen LogP contribution in [0, 0.1) is 0 Å². The Labute approximate surface area is 187 Å². The minimum Gasteiger partial charge on any atom is -0.507 e. The van der Waals surface area contributed by atoms with Crippen molar-refractivity contribution in [1.82, 2.24) is 4.90 Å². The van der Waals surface area contributed by atoms with Crippen molar-refractivity contribution in [1.29, 1.82) is 0 Å². The summed E-state index contributed by atoms with van der Waals surface area (Å²) < 4.78 is 10.8. The van der Waals surface area contributed by atoms with Gasteiger partial charge in [-0.1, -0.05) is 31.2 Å². The maximum Gasteiger partial charge on any atom is 0.295 e. The van der Waals surface area contributed by atoms with Gasteiger partial charge in [-0.25, -0.2) is 0 Å². The first kappa shape index (κ1) is 23.5. The van der Waals surface area contributed by atoms with E-state index in [9.17, 15) is 14.7 Å². The Morgan fingerprint density at radius 2 is 1.69 bits per heavy atom. The molecule has 7 nitrogen and oxygen atoms in total. The van der Waals surface area contributed by atoms with Crippen molar-refractivity contribution in [2.45, 2.75) is 26.3 Å². The number of carbonyl (C=O) groups excluding carboxylic acids is 2. The Balaban J connectivity index is 2.02. The zero-order valence-electron chi connectivity index (χ0n) is 18.4. The molecular formula is C25H29NO6. The summed E-state index contributed by atoms with van der Waals surface area (Å²) in [6, 6.07) is 13.7. The Hall–Kier alpha value is -3.16. The van der Waals surface area contributed by atoms with Crippen molar-refractivity contribution in [2.24, 2.45) is 0 Å². The molecule has 2 aromatic rings. The van der Waals surface area contributed by atoms with E-state index in [0.717, 1.165) is 17.5 Å². The smallest absolute Gasteiger partial charge is 0.295 e. The highest BCUT2D eigenvalue weighted by Crippen LogP contribution is 2.39. The molecule has 1 atom stereocenters. The summed E-state index contributed by atoms with van der Waals surface area (Å²) in [5, 5.41) is 20.0. The molecule has 1 aliphatic heterocycles. The topological polar surface area (TPSA) is 96.3 Å². The highest BCUT2D eigenvalue weighted by molar-refractivity contribution is 6.46. The number of rotatable bonds is 10. The zero-order valence-corrected chi connectivity index (χ0v) is 18.4. The predicted molar refractivity (Wildman–Crippen MR) is 120 cm³/mol. The van der Waals surface area contributed by atoms with Crippen LogP contribution in [0.3, 0.4) is 0 Å². The highest BCUT2D eigenvalue weighted by Gasteiger charge is 2.45. The molecule has 0 spiro atoms. The lowest BCUT2D eigenvalue weighted by molar-refractivity contribution is -0.140. The molecule has 1 heterocycles. The van der Waals surface area contributed by atoms with Crippen LogP contribution in [0.4, 0.5) is 0 Å². The van der Waals surface area contributed by atoms with Gasteiger partial charge in [-0.15, -0.1) is 0 Å². The Morgan fingerprint density at radius 3 is 2.28 bits per heavy atom.